The van der Waals surface area contributed by atoms with Crippen LogP contribution in [0.15, 0.2) is 12.3 Å². The van der Waals surface area contributed by atoms with E-state index in [-0.39, 0.29) is 17.8 Å². The predicted molar refractivity (Wildman–Crippen MR) is 82.1 cm³/mol. The molecule has 2 fully saturated rings. The van der Waals surface area contributed by atoms with Crippen molar-refractivity contribution < 1.29 is 14.3 Å². The topological polar surface area (TPSA) is 65.6 Å². The molecule has 1 aromatic heterocycles. The quantitative estimate of drug-likeness (QED) is 0.848. The number of likely N-dealkylation sites (tertiary alicyclic amines) is 1. The molecular formula is C16H23N3O3. The van der Waals surface area contributed by atoms with Crippen molar-refractivity contribution >= 4 is 11.7 Å². The van der Waals surface area contributed by atoms with Crippen LogP contribution in [0.2, 0.25) is 0 Å². The van der Waals surface area contributed by atoms with E-state index in [1.807, 2.05) is 11.8 Å². The fraction of sp³-hybridized carbons (Fsp3) is 0.625. The van der Waals surface area contributed by atoms with Crippen LogP contribution in [-0.2, 0) is 4.74 Å². The van der Waals surface area contributed by atoms with Gasteiger partial charge in [-0.25, -0.2) is 0 Å². The summed E-state index contributed by atoms with van der Waals surface area (Å²) < 4.78 is 5.48. The van der Waals surface area contributed by atoms with E-state index in [1.165, 1.54) is 0 Å². The number of amides is 1. The van der Waals surface area contributed by atoms with Crippen molar-refractivity contribution in [3.63, 3.8) is 0 Å². The van der Waals surface area contributed by atoms with E-state index in [1.54, 1.807) is 12.3 Å². The van der Waals surface area contributed by atoms with Gasteiger partial charge >= 0.3 is 0 Å². The lowest BCUT2D eigenvalue weighted by atomic mass is 10.2. The van der Waals surface area contributed by atoms with Crippen LogP contribution in [0.4, 0.5) is 0 Å². The molecule has 2 aliphatic rings. The van der Waals surface area contributed by atoms with Crippen molar-refractivity contribution in [1.82, 2.24) is 14.8 Å². The summed E-state index contributed by atoms with van der Waals surface area (Å²) in [6.07, 6.45) is 3.94. The van der Waals surface area contributed by atoms with Crippen LogP contribution in [0.5, 0.6) is 0 Å². The van der Waals surface area contributed by atoms with Crippen molar-refractivity contribution in [2.75, 3.05) is 39.3 Å². The smallest absolute Gasteiger partial charge is 0.270 e. The lowest BCUT2D eigenvalue weighted by molar-refractivity contribution is -0.0158. The molecule has 1 aromatic rings. The summed E-state index contributed by atoms with van der Waals surface area (Å²) in [5.74, 6) is 0.0439. The third kappa shape index (κ3) is 3.39. The molecule has 1 unspecified atom stereocenters. The number of morpholine rings is 1. The summed E-state index contributed by atoms with van der Waals surface area (Å²) in [5, 5.41) is 0. The molecule has 1 atom stereocenters. The molecular weight excluding hydrogens is 282 g/mol. The van der Waals surface area contributed by atoms with Gasteiger partial charge in [0.1, 0.15) is 5.69 Å². The summed E-state index contributed by atoms with van der Waals surface area (Å²) in [5.41, 5.74) is 1.10. The van der Waals surface area contributed by atoms with Crippen LogP contribution in [0.1, 0.15) is 40.6 Å². The summed E-state index contributed by atoms with van der Waals surface area (Å²) in [7, 11) is 0. The SMILES string of the molecule is CC1CN(CC(=O)c2c[nH]c(C(=O)N3CCCC3)c2)CCO1. The highest BCUT2D eigenvalue weighted by atomic mass is 16.5. The van der Waals surface area contributed by atoms with Crippen molar-refractivity contribution in [1.29, 1.82) is 0 Å². The van der Waals surface area contributed by atoms with Crippen LogP contribution >= 0.6 is 0 Å². The highest BCUT2D eigenvalue weighted by molar-refractivity contribution is 6.01. The Morgan fingerprint density at radius 3 is 2.82 bits per heavy atom. The highest BCUT2D eigenvalue weighted by Crippen LogP contribution is 2.14. The number of ketones is 1. The van der Waals surface area contributed by atoms with Crippen LogP contribution in [0.25, 0.3) is 0 Å². The Kier molecular flexibility index (Phi) is 4.59. The number of aromatic nitrogens is 1. The van der Waals surface area contributed by atoms with Crippen LogP contribution in [0.3, 0.4) is 0 Å². The van der Waals surface area contributed by atoms with Crippen molar-refractivity contribution in [3.05, 3.63) is 23.5 Å². The zero-order valence-corrected chi connectivity index (χ0v) is 13.0. The van der Waals surface area contributed by atoms with E-state index in [4.69, 9.17) is 4.74 Å². The van der Waals surface area contributed by atoms with Crippen molar-refractivity contribution in [2.45, 2.75) is 25.9 Å². The minimum atomic E-state index is -0.00320. The van der Waals surface area contributed by atoms with Gasteiger partial charge in [-0.15, -0.1) is 0 Å². The van der Waals surface area contributed by atoms with Crippen LogP contribution in [-0.4, -0.2) is 71.9 Å². The van der Waals surface area contributed by atoms with Gasteiger partial charge in [-0.1, -0.05) is 0 Å². The highest BCUT2D eigenvalue weighted by Gasteiger charge is 2.23. The summed E-state index contributed by atoms with van der Waals surface area (Å²) >= 11 is 0. The Morgan fingerprint density at radius 1 is 1.32 bits per heavy atom. The normalized spacial score (nSPS) is 23.0. The average molecular weight is 305 g/mol. The molecule has 1 amide bonds. The van der Waals surface area contributed by atoms with Gasteiger partial charge in [-0.3, -0.25) is 14.5 Å². The summed E-state index contributed by atoms with van der Waals surface area (Å²) in [4.78, 5) is 31.5. The molecule has 120 valence electrons. The number of nitrogens with zero attached hydrogens (tertiary/aromatic N) is 2. The first-order chi connectivity index (χ1) is 10.6. The van der Waals surface area contributed by atoms with Crippen LogP contribution < -0.4 is 0 Å². The Bertz CT molecular complexity index is 549. The molecule has 2 aliphatic heterocycles. The molecule has 3 rings (SSSR count). The second-order valence-electron chi connectivity index (χ2n) is 6.14. The minimum absolute atomic E-state index is 0.00320. The van der Waals surface area contributed by atoms with E-state index in [9.17, 15) is 9.59 Å². The first kappa shape index (κ1) is 15.2. The lowest BCUT2D eigenvalue weighted by Gasteiger charge is -2.30. The number of hydrogen-bond donors (Lipinski definition) is 1. The number of H-pyrrole nitrogens is 1. The van der Waals surface area contributed by atoms with Crippen molar-refractivity contribution in [3.8, 4) is 0 Å². The van der Waals surface area contributed by atoms with Crippen molar-refractivity contribution in [2.24, 2.45) is 0 Å². The van der Waals surface area contributed by atoms with E-state index in [0.717, 1.165) is 39.0 Å². The molecule has 6 heteroatoms. The number of carbonyl (C=O) groups is 2. The third-order valence-electron chi connectivity index (χ3n) is 4.32. The average Bonchev–Trinajstić information content (AvgIpc) is 3.18. The summed E-state index contributed by atoms with van der Waals surface area (Å²) in [6, 6.07) is 1.69. The largest absolute Gasteiger partial charge is 0.376 e. The molecule has 0 aromatic carbocycles. The second-order valence-corrected chi connectivity index (χ2v) is 6.14. The number of aromatic amines is 1. The van der Waals surface area contributed by atoms with Gasteiger partial charge in [0.25, 0.3) is 5.91 Å². The number of Topliss-reactive ketones (excluding diaryl/α,β-unsaturated/α-hetero) is 1. The third-order valence-corrected chi connectivity index (χ3v) is 4.32. The fourth-order valence-corrected chi connectivity index (χ4v) is 3.10. The second kappa shape index (κ2) is 6.62. The Hall–Kier alpha value is -1.66. The predicted octanol–water partition coefficient (Wildman–Crippen LogP) is 1.15. The van der Waals surface area contributed by atoms with Gasteiger partial charge in [0.15, 0.2) is 5.78 Å². The van der Waals surface area contributed by atoms with E-state index in [2.05, 4.69) is 9.88 Å². The van der Waals surface area contributed by atoms with E-state index in [0.29, 0.717) is 24.4 Å². The fourth-order valence-electron chi connectivity index (χ4n) is 3.10. The molecule has 0 aliphatic carbocycles. The number of rotatable bonds is 4. The Labute approximate surface area is 130 Å². The molecule has 2 saturated heterocycles. The number of nitrogens with one attached hydrogen (secondary N) is 1. The Balaban J connectivity index is 1.60. The summed E-state index contributed by atoms with van der Waals surface area (Å²) in [6.45, 7) is 6.23. The molecule has 0 saturated carbocycles. The molecule has 0 bridgehead atoms. The van der Waals surface area contributed by atoms with Gasteiger partial charge in [-0.05, 0) is 25.8 Å². The van der Waals surface area contributed by atoms with Gasteiger partial charge in [0.05, 0.1) is 19.3 Å². The lowest BCUT2D eigenvalue weighted by Crippen LogP contribution is -2.43. The van der Waals surface area contributed by atoms with Gasteiger partial charge < -0.3 is 14.6 Å². The zero-order chi connectivity index (χ0) is 15.5. The number of carbonyl (C=O) groups excluding carboxylic acids is 2. The van der Waals surface area contributed by atoms with Gasteiger partial charge in [0, 0.05) is 37.9 Å². The maximum absolute atomic E-state index is 12.3. The monoisotopic (exact) mass is 305 g/mol. The maximum atomic E-state index is 12.3. The van der Waals surface area contributed by atoms with Gasteiger partial charge in [0.2, 0.25) is 0 Å². The molecule has 22 heavy (non-hydrogen) atoms. The Morgan fingerprint density at radius 2 is 2.09 bits per heavy atom. The first-order valence-electron chi connectivity index (χ1n) is 7.98. The number of hydrogen-bond acceptors (Lipinski definition) is 4. The maximum Gasteiger partial charge on any atom is 0.270 e. The van der Waals surface area contributed by atoms with Crippen LogP contribution in [0, 0.1) is 0 Å². The molecule has 0 spiro atoms. The molecule has 6 nitrogen and oxygen atoms in total. The molecule has 1 N–H and O–H groups in total. The molecule has 0 radical (unpaired) electrons. The molecule has 3 heterocycles. The minimum Gasteiger partial charge on any atom is -0.376 e. The van der Waals surface area contributed by atoms with Gasteiger partial charge in [-0.2, -0.15) is 0 Å². The van der Waals surface area contributed by atoms with E-state index < -0.39 is 0 Å². The van der Waals surface area contributed by atoms with E-state index >= 15 is 0 Å². The standard InChI is InChI=1S/C16H23N3O3/c1-12-10-18(6-7-22-12)11-15(20)13-8-14(17-9-13)16(21)19-4-2-3-5-19/h8-9,12,17H,2-7,10-11H2,1H3. The zero-order valence-electron chi connectivity index (χ0n) is 13.0. The number of ether oxygens (including phenoxy) is 1. The first-order valence-corrected chi connectivity index (χ1v) is 7.98.